The van der Waals surface area contributed by atoms with Crippen LogP contribution < -0.4 is 5.73 Å². The van der Waals surface area contributed by atoms with Crippen LogP contribution in [0.2, 0.25) is 0 Å². The second-order valence-electron chi connectivity index (χ2n) is 2.90. The third kappa shape index (κ3) is 4.70. The molecule has 0 heterocycles. The van der Waals surface area contributed by atoms with Crippen molar-refractivity contribution in [3.05, 3.63) is 0 Å². The van der Waals surface area contributed by atoms with Gasteiger partial charge in [-0.2, -0.15) is 11.8 Å². The van der Waals surface area contributed by atoms with Crippen molar-refractivity contribution in [3.63, 3.8) is 0 Å². The number of thioether (sulfide) groups is 1. The van der Waals surface area contributed by atoms with Gasteiger partial charge in [-0.3, -0.25) is 0 Å². The minimum Gasteiger partial charge on any atom is -0.327 e. The van der Waals surface area contributed by atoms with E-state index in [-0.39, 0.29) is 0 Å². The summed E-state index contributed by atoms with van der Waals surface area (Å²) in [4.78, 5) is 0. The van der Waals surface area contributed by atoms with Crippen LogP contribution in [-0.4, -0.2) is 17.5 Å². The van der Waals surface area contributed by atoms with Crippen LogP contribution in [0.5, 0.6) is 0 Å². The maximum Gasteiger partial charge on any atom is 0.0158 e. The minimum absolute atomic E-state index is 0.412. The summed E-state index contributed by atoms with van der Waals surface area (Å²) in [6.45, 7) is 6.64. The zero-order chi connectivity index (χ0) is 8.69. The van der Waals surface area contributed by atoms with E-state index in [4.69, 9.17) is 5.73 Å². The molecule has 0 aromatic rings. The molecule has 2 N–H and O–H groups in total. The Labute approximate surface area is 75.1 Å². The molecule has 0 spiro atoms. The molecule has 0 saturated heterocycles. The molecule has 0 aliphatic heterocycles. The van der Waals surface area contributed by atoms with E-state index in [1.54, 1.807) is 0 Å². The monoisotopic (exact) mass is 175 g/mol. The Bertz CT molecular complexity index is 81.6. The zero-order valence-corrected chi connectivity index (χ0v) is 8.79. The summed E-state index contributed by atoms with van der Waals surface area (Å²) in [6, 6.07) is 0.412. The van der Waals surface area contributed by atoms with Crippen LogP contribution in [0.1, 0.15) is 33.6 Å². The Hall–Kier alpha value is 0.310. The van der Waals surface area contributed by atoms with E-state index < -0.39 is 0 Å². The molecule has 1 nitrogen and oxygen atoms in total. The maximum atomic E-state index is 6.00. The van der Waals surface area contributed by atoms with Gasteiger partial charge in [-0.25, -0.2) is 0 Å². The Morgan fingerprint density at radius 2 is 1.73 bits per heavy atom. The summed E-state index contributed by atoms with van der Waals surface area (Å²) in [5, 5.41) is 0. The largest absolute Gasteiger partial charge is 0.327 e. The predicted molar refractivity (Wildman–Crippen MR) is 55.0 cm³/mol. The lowest BCUT2D eigenvalue weighted by Gasteiger charge is -2.20. The second-order valence-corrected chi connectivity index (χ2v) is 4.22. The van der Waals surface area contributed by atoms with E-state index in [1.807, 2.05) is 11.8 Å². The van der Waals surface area contributed by atoms with Crippen molar-refractivity contribution in [2.24, 2.45) is 11.7 Å². The summed E-state index contributed by atoms with van der Waals surface area (Å²) in [6.07, 6.45) is 2.45. The standard InChI is InChI=1S/C9H21NS/c1-4-8(5-2)9(10)7-11-6-3/h8-9H,4-7,10H2,1-3H3. The summed E-state index contributed by atoms with van der Waals surface area (Å²) < 4.78 is 0. The molecule has 11 heavy (non-hydrogen) atoms. The van der Waals surface area contributed by atoms with Crippen LogP contribution in [0, 0.1) is 5.92 Å². The van der Waals surface area contributed by atoms with Crippen molar-refractivity contribution in [1.29, 1.82) is 0 Å². The van der Waals surface area contributed by atoms with Gasteiger partial charge in [-0.1, -0.05) is 33.6 Å². The van der Waals surface area contributed by atoms with Crippen molar-refractivity contribution in [3.8, 4) is 0 Å². The van der Waals surface area contributed by atoms with Crippen molar-refractivity contribution in [1.82, 2.24) is 0 Å². The molecule has 0 aromatic heterocycles. The van der Waals surface area contributed by atoms with Crippen LogP contribution in [-0.2, 0) is 0 Å². The Kier molecular flexibility index (Phi) is 7.18. The smallest absolute Gasteiger partial charge is 0.0158 e. The van der Waals surface area contributed by atoms with E-state index in [1.165, 1.54) is 18.6 Å². The molecule has 0 saturated carbocycles. The van der Waals surface area contributed by atoms with Crippen LogP contribution in [0.4, 0.5) is 0 Å². The fourth-order valence-corrected chi connectivity index (χ4v) is 2.06. The molecule has 1 atom stereocenters. The quantitative estimate of drug-likeness (QED) is 0.671. The number of hydrogen-bond acceptors (Lipinski definition) is 2. The fourth-order valence-electron chi connectivity index (χ4n) is 1.28. The van der Waals surface area contributed by atoms with Crippen molar-refractivity contribution in [2.45, 2.75) is 39.7 Å². The first-order chi connectivity index (χ1) is 5.26. The molecule has 0 aliphatic rings. The van der Waals surface area contributed by atoms with Gasteiger partial charge in [0.05, 0.1) is 0 Å². The molecule has 0 bridgehead atoms. The van der Waals surface area contributed by atoms with Crippen molar-refractivity contribution in [2.75, 3.05) is 11.5 Å². The Morgan fingerprint density at radius 1 is 1.18 bits per heavy atom. The Morgan fingerprint density at radius 3 is 2.09 bits per heavy atom. The van der Waals surface area contributed by atoms with Gasteiger partial charge in [0.2, 0.25) is 0 Å². The molecular formula is C9H21NS. The SMILES string of the molecule is CCSCC(N)C(CC)CC. The van der Waals surface area contributed by atoms with Gasteiger partial charge in [-0.15, -0.1) is 0 Å². The third-order valence-corrected chi connectivity index (χ3v) is 3.20. The molecule has 68 valence electrons. The molecule has 1 unspecified atom stereocenters. The van der Waals surface area contributed by atoms with E-state index in [2.05, 4.69) is 20.8 Å². The first-order valence-electron chi connectivity index (χ1n) is 4.59. The average molecular weight is 175 g/mol. The topological polar surface area (TPSA) is 26.0 Å². The van der Waals surface area contributed by atoms with Gasteiger partial charge in [-0.05, 0) is 11.7 Å². The first-order valence-corrected chi connectivity index (χ1v) is 5.74. The van der Waals surface area contributed by atoms with E-state index in [0.717, 1.165) is 11.7 Å². The molecular weight excluding hydrogens is 154 g/mol. The van der Waals surface area contributed by atoms with Crippen LogP contribution >= 0.6 is 11.8 Å². The van der Waals surface area contributed by atoms with Gasteiger partial charge in [0, 0.05) is 11.8 Å². The van der Waals surface area contributed by atoms with E-state index in [9.17, 15) is 0 Å². The van der Waals surface area contributed by atoms with E-state index in [0.29, 0.717) is 6.04 Å². The summed E-state index contributed by atoms with van der Waals surface area (Å²) in [5.74, 6) is 3.05. The van der Waals surface area contributed by atoms with Gasteiger partial charge in [0.1, 0.15) is 0 Å². The maximum absolute atomic E-state index is 6.00. The highest BCUT2D eigenvalue weighted by Gasteiger charge is 2.12. The van der Waals surface area contributed by atoms with Gasteiger partial charge in [0.25, 0.3) is 0 Å². The molecule has 0 fully saturated rings. The molecule has 0 aliphatic carbocycles. The second kappa shape index (κ2) is 6.99. The zero-order valence-electron chi connectivity index (χ0n) is 7.97. The minimum atomic E-state index is 0.412. The molecule has 2 heteroatoms. The molecule has 0 radical (unpaired) electrons. The third-order valence-electron chi connectivity index (χ3n) is 2.17. The lowest BCUT2D eigenvalue weighted by Crippen LogP contribution is -2.31. The lowest BCUT2D eigenvalue weighted by molar-refractivity contribution is 0.422. The van der Waals surface area contributed by atoms with Gasteiger partial charge < -0.3 is 5.73 Å². The van der Waals surface area contributed by atoms with Crippen molar-refractivity contribution < 1.29 is 0 Å². The predicted octanol–water partition coefficient (Wildman–Crippen LogP) is 2.50. The highest BCUT2D eigenvalue weighted by molar-refractivity contribution is 7.99. The fraction of sp³-hybridized carbons (Fsp3) is 1.00. The molecule has 0 amide bonds. The van der Waals surface area contributed by atoms with Crippen LogP contribution in [0.15, 0.2) is 0 Å². The van der Waals surface area contributed by atoms with E-state index >= 15 is 0 Å². The number of nitrogens with two attached hydrogens (primary N) is 1. The summed E-state index contributed by atoms with van der Waals surface area (Å²) in [5.41, 5.74) is 6.00. The average Bonchev–Trinajstić information content (AvgIpc) is 2.03. The lowest BCUT2D eigenvalue weighted by atomic mass is 9.96. The van der Waals surface area contributed by atoms with Crippen molar-refractivity contribution >= 4 is 11.8 Å². The van der Waals surface area contributed by atoms with Gasteiger partial charge >= 0.3 is 0 Å². The molecule has 0 rings (SSSR count). The van der Waals surface area contributed by atoms with Crippen LogP contribution in [0.3, 0.4) is 0 Å². The first kappa shape index (κ1) is 11.3. The normalized spacial score (nSPS) is 13.9. The highest BCUT2D eigenvalue weighted by Crippen LogP contribution is 2.14. The summed E-state index contributed by atoms with van der Waals surface area (Å²) in [7, 11) is 0. The summed E-state index contributed by atoms with van der Waals surface area (Å²) >= 11 is 1.95. The van der Waals surface area contributed by atoms with Crippen LogP contribution in [0.25, 0.3) is 0 Å². The van der Waals surface area contributed by atoms with Gasteiger partial charge in [0.15, 0.2) is 0 Å². The number of hydrogen-bond donors (Lipinski definition) is 1. The molecule has 0 aromatic carbocycles. The highest BCUT2D eigenvalue weighted by atomic mass is 32.2. The Balaban J connectivity index is 3.51. The number of rotatable bonds is 6.